The average Bonchev–Trinajstić information content (AvgIpc) is 2.74. The van der Waals surface area contributed by atoms with Crippen molar-refractivity contribution in [3.05, 3.63) is 35.9 Å². The van der Waals surface area contributed by atoms with Crippen LogP contribution in [0.1, 0.15) is 32.8 Å². The van der Waals surface area contributed by atoms with Gasteiger partial charge in [-0.3, -0.25) is 14.4 Å². The molecule has 0 saturated carbocycles. The van der Waals surface area contributed by atoms with Gasteiger partial charge in [0, 0.05) is 12.2 Å². The van der Waals surface area contributed by atoms with Crippen LogP contribution in [0.4, 0.5) is 0 Å². The van der Waals surface area contributed by atoms with Crippen LogP contribution in [0.2, 0.25) is 0 Å². The number of rotatable bonds is 12. The molecule has 0 aliphatic carbocycles. The zero-order valence-corrected chi connectivity index (χ0v) is 18.9. The molecule has 172 valence electrons. The third-order valence-corrected chi connectivity index (χ3v) is 5.29. The molecule has 3 amide bonds. The second kappa shape index (κ2) is 13.0. The summed E-state index contributed by atoms with van der Waals surface area (Å²) < 4.78 is 0. The summed E-state index contributed by atoms with van der Waals surface area (Å²) in [6, 6.07) is 5.11. The van der Waals surface area contributed by atoms with Crippen LogP contribution in [0.15, 0.2) is 30.3 Å². The number of nitrogens with one attached hydrogen (secondary N) is 3. The molecule has 0 aliphatic heterocycles. The fourth-order valence-electron chi connectivity index (χ4n) is 2.77. The maximum Gasteiger partial charge on any atom is 0.326 e. The van der Waals surface area contributed by atoms with Crippen molar-refractivity contribution >= 4 is 36.3 Å². The van der Waals surface area contributed by atoms with Crippen molar-refractivity contribution in [2.45, 2.75) is 57.8 Å². The first-order valence-corrected chi connectivity index (χ1v) is 10.8. The molecule has 0 spiro atoms. The number of thiol groups is 1. The van der Waals surface area contributed by atoms with Crippen molar-refractivity contribution in [3.8, 4) is 0 Å². The first-order valence-electron chi connectivity index (χ1n) is 10.1. The van der Waals surface area contributed by atoms with Gasteiger partial charge in [-0.1, -0.05) is 50.6 Å². The number of nitrogens with two attached hydrogens (primary N) is 1. The minimum Gasteiger partial charge on any atom is -0.480 e. The molecular formula is C21H32N4O5S. The molecule has 1 aromatic carbocycles. The average molecular weight is 453 g/mol. The number of carboxylic acid groups (broad SMARTS) is 1. The Kier molecular flexibility index (Phi) is 11.1. The Balaban J connectivity index is 2.94. The molecule has 5 atom stereocenters. The SMILES string of the molecule is CCC(C)C(NC(=O)C(CS)NC(=O)C(Cc1ccccc1)NC(=O)C(C)N)C(=O)O. The minimum absolute atomic E-state index is 0.0519. The van der Waals surface area contributed by atoms with Crippen molar-refractivity contribution in [2.24, 2.45) is 11.7 Å². The van der Waals surface area contributed by atoms with Crippen LogP contribution in [0, 0.1) is 5.92 Å². The summed E-state index contributed by atoms with van der Waals surface area (Å²) >= 11 is 4.12. The minimum atomic E-state index is -1.15. The number of carbonyl (C=O) groups is 4. The number of amides is 3. The maximum absolute atomic E-state index is 12.9. The molecule has 10 heteroatoms. The molecule has 6 N–H and O–H groups in total. The highest BCUT2D eigenvalue weighted by Gasteiger charge is 2.31. The third-order valence-electron chi connectivity index (χ3n) is 4.92. The molecule has 0 heterocycles. The summed E-state index contributed by atoms with van der Waals surface area (Å²) in [5.74, 6) is -3.27. The Morgan fingerprint density at radius 1 is 0.968 bits per heavy atom. The zero-order chi connectivity index (χ0) is 23.6. The van der Waals surface area contributed by atoms with Crippen molar-refractivity contribution in [1.29, 1.82) is 0 Å². The molecular weight excluding hydrogens is 420 g/mol. The topological polar surface area (TPSA) is 151 Å². The van der Waals surface area contributed by atoms with E-state index in [4.69, 9.17) is 5.73 Å². The van der Waals surface area contributed by atoms with Gasteiger partial charge < -0.3 is 26.8 Å². The Labute approximate surface area is 187 Å². The van der Waals surface area contributed by atoms with E-state index in [0.717, 1.165) is 5.56 Å². The Bertz CT molecular complexity index is 759. The highest BCUT2D eigenvalue weighted by atomic mass is 32.1. The molecule has 5 unspecified atom stereocenters. The molecule has 0 aliphatic rings. The van der Waals surface area contributed by atoms with Gasteiger partial charge in [-0.05, 0) is 18.4 Å². The first-order chi connectivity index (χ1) is 14.6. The van der Waals surface area contributed by atoms with Crippen molar-refractivity contribution in [2.75, 3.05) is 5.75 Å². The number of hydrogen-bond acceptors (Lipinski definition) is 6. The van der Waals surface area contributed by atoms with Crippen molar-refractivity contribution < 1.29 is 24.3 Å². The lowest BCUT2D eigenvalue weighted by Crippen LogP contribution is -2.58. The van der Waals surface area contributed by atoms with Gasteiger partial charge in [-0.25, -0.2) is 4.79 Å². The smallest absolute Gasteiger partial charge is 0.326 e. The largest absolute Gasteiger partial charge is 0.480 e. The molecule has 0 bridgehead atoms. The monoisotopic (exact) mass is 452 g/mol. The van der Waals surface area contributed by atoms with Gasteiger partial charge in [-0.2, -0.15) is 12.6 Å². The first kappa shape index (κ1) is 26.4. The van der Waals surface area contributed by atoms with Gasteiger partial charge >= 0.3 is 5.97 Å². The summed E-state index contributed by atoms with van der Waals surface area (Å²) in [5.41, 5.74) is 6.41. The Hall–Kier alpha value is -2.59. The second-order valence-electron chi connectivity index (χ2n) is 7.49. The fraction of sp³-hybridized carbons (Fsp3) is 0.524. The van der Waals surface area contributed by atoms with Gasteiger partial charge in [0.2, 0.25) is 17.7 Å². The van der Waals surface area contributed by atoms with E-state index in [1.807, 2.05) is 37.3 Å². The van der Waals surface area contributed by atoms with Gasteiger partial charge in [0.05, 0.1) is 6.04 Å². The quantitative estimate of drug-likeness (QED) is 0.247. The van der Waals surface area contributed by atoms with Crippen LogP contribution in [0.3, 0.4) is 0 Å². The molecule has 0 fully saturated rings. The van der Waals surface area contributed by atoms with E-state index in [1.54, 1.807) is 6.92 Å². The zero-order valence-electron chi connectivity index (χ0n) is 18.0. The van der Waals surface area contributed by atoms with Gasteiger partial charge in [-0.15, -0.1) is 0 Å². The number of carbonyl (C=O) groups excluding carboxylic acids is 3. The van der Waals surface area contributed by atoms with E-state index in [1.165, 1.54) is 6.92 Å². The van der Waals surface area contributed by atoms with E-state index < -0.39 is 47.9 Å². The van der Waals surface area contributed by atoms with E-state index in [9.17, 15) is 24.3 Å². The normalized spacial score (nSPS) is 15.6. The fourth-order valence-corrected chi connectivity index (χ4v) is 3.02. The predicted octanol–water partition coefficient (Wildman–Crippen LogP) is 0.0912. The third kappa shape index (κ3) is 8.58. The van der Waals surface area contributed by atoms with Crippen molar-refractivity contribution in [1.82, 2.24) is 16.0 Å². The lowest BCUT2D eigenvalue weighted by molar-refractivity contribution is -0.143. The summed E-state index contributed by atoms with van der Waals surface area (Å²) in [7, 11) is 0. The molecule has 1 aromatic rings. The number of carboxylic acids is 1. The lowest BCUT2D eigenvalue weighted by atomic mass is 9.99. The summed E-state index contributed by atoms with van der Waals surface area (Å²) in [4.78, 5) is 49.1. The molecule has 0 radical (unpaired) electrons. The standard InChI is InChI=1S/C21H32N4O5S/c1-4-12(2)17(21(29)30)25-20(28)16(11-31)24-19(27)15(23-18(26)13(3)22)10-14-8-6-5-7-9-14/h5-9,12-13,15-17,31H,4,10-11,22H2,1-3H3,(H,23,26)(H,24,27)(H,25,28)(H,29,30). The molecule has 0 aromatic heterocycles. The summed E-state index contributed by atoms with van der Waals surface area (Å²) in [6.45, 7) is 5.03. The maximum atomic E-state index is 12.9. The van der Waals surface area contributed by atoms with E-state index >= 15 is 0 Å². The van der Waals surface area contributed by atoms with Crippen LogP contribution in [-0.2, 0) is 25.6 Å². The molecule has 31 heavy (non-hydrogen) atoms. The van der Waals surface area contributed by atoms with Crippen LogP contribution >= 0.6 is 12.6 Å². The van der Waals surface area contributed by atoms with E-state index in [0.29, 0.717) is 6.42 Å². The van der Waals surface area contributed by atoms with Crippen molar-refractivity contribution in [3.63, 3.8) is 0 Å². The van der Waals surface area contributed by atoms with Crippen LogP contribution in [0.25, 0.3) is 0 Å². The number of aliphatic carboxylic acids is 1. The Morgan fingerprint density at radius 2 is 1.52 bits per heavy atom. The molecule has 9 nitrogen and oxygen atoms in total. The van der Waals surface area contributed by atoms with Gasteiger partial charge in [0.15, 0.2) is 0 Å². The van der Waals surface area contributed by atoms with Crippen LogP contribution in [0.5, 0.6) is 0 Å². The summed E-state index contributed by atoms with van der Waals surface area (Å²) in [6.07, 6.45) is 0.744. The highest BCUT2D eigenvalue weighted by Crippen LogP contribution is 2.09. The predicted molar refractivity (Wildman–Crippen MR) is 121 cm³/mol. The Morgan fingerprint density at radius 3 is 2.00 bits per heavy atom. The van der Waals surface area contributed by atoms with Gasteiger partial charge in [0.1, 0.15) is 18.1 Å². The highest BCUT2D eigenvalue weighted by molar-refractivity contribution is 7.80. The molecule has 1 rings (SSSR count). The van der Waals surface area contributed by atoms with Crippen LogP contribution < -0.4 is 21.7 Å². The van der Waals surface area contributed by atoms with E-state index in [-0.39, 0.29) is 18.1 Å². The number of benzene rings is 1. The lowest BCUT2D eigenvalue weighted by Gasteiger charge is -2.25. The second-order valence-corrected chi connectivity index (χ2v) is 7.86. The summed E-state index contributed by atoms with van der Waals surface area (Å²) in [5, 5.41) is 17.0. The number of hydrogen-bond donors (Lipinski definition) is 6. The van der Waals surface area contributed by atoms with E-state index in [2.05, 4.69) is 28.6 Å². The molecule has 0 saturated heterocycles. The van der Waals surface area contributed by atoms with Crippen LogP contribution in [-0.4, -0.2) is 58.7 Å². The van der Waals surface area contributed by atoms with Gasteiger partial charge in [0.25, 0.3) is 0 Å².